The summed E-state index contributed by atoms with van der Waals surface area (Å²) in [5.74, 6) is 0.197. The zero-order valence-electron chi connectivity index (χ0n) is 23.3. The van der Waals surface area contributed by atoms with Gasteiger partial charge in [0.1, 0.15) is 0 Å². The molecule has 0 radical (unpaired) electrons. The average Bonchev–Trinajstić information content (AvgIpc) is 2.94. The zero-order valence-corrected chi connectivity index (χ0v) is 28.4. The van der Waals surface area contributed by atoms with Crippen LogP contribution >= 0.6 is 0 Å². The molecule has 0 aromatic heterocycles. The molecule has 4 nitrogen and oxygen atoms in total. The molecular weight excluding hydrogens is 682 g/mol. The van der Waals surface area contributed by atoms with Gasteiger partial charge in [-0.25, -0.2) is 0 Å². The van der Waals surface area contributed by atoms with E-state index in [1.54, 1.807) is 24.3 Å². The third kappa shape index (κ3) is 9.95. The molecular formula is C33H36O4S2Se2. The molecule has 0 N–H and O–H groups in total. The monoisotopic (exact) mass is 720 g/mol. The average molecular weight is 719 g/mol. The molecule has 41 heavy (non-hydrogen) atoms. The predicted octanol–water partition coefficient (Wildman–Crippen LogP) is 5.36. The van der Waals surface area contributed by atoms with Crippen molar-refractivity contribution in [3.05, 3.63) is 120 Å². The molecule has 0 saturated heterocycles. The molecule has 0 aliphatic rings. The van der Waals surface area contributed by atoms with Crippen molar-refractivity contribution >= 4 is 58.5 Å². The predicted molar refractivity (Wildman–Crippen MR) is 171 cm³/mol. The fourth-order valence-electron chi connectivity index (χ4n) is 4.48. The van der Waals surface area contributed by atoms with Crippen LogP contribution in [-0.2, 0) is 19.7 Å². The first-order chi connectivity index (χ1) is 19.6. The molecule has 0 bridgehead atoms. The van der Waals surface area contributed by atoms with E-state index in [2.05, 4.69) is 24.3 Å². The van der Waals surface area contributed by atoms with Crippen LogP contribution in [0.4, 0.5) is 0 Å². The summed E-state index contributed by atoms with van der Waals surface area (Å²) >= 11 is -0.0415. The molecule has 0 spiro atoms. The summed E-state index contributed by atoms with van der Waals surface area (Å²) in [4.78, 5) is 0.724. The fraction of sp³-hybridized carbons (Fsp3) is 0.273. The van der Waals surface area contributed by atoms with Gasteiger partial charge in [0.15, 0.2) is 0 Å². The van der Waals surface area contributed by atoms with E-state index in [1.165, 1.54) is 8.92 Å². The van der Waals surface area contributed by atoms with Gasteiger partial charge in [-0.05, 0) is 0 Å². The third-order valence-corrected chi connectivity index (χ3v) is 16.7. The normalized spacial score (nSPS) is 13.5. The summed E-state index contributed by atoms with van der Waals surface area (Å²) in [5, 5.41) is 0. The van der Waals surface area contributed by atoms with E-state index >= 15 is 0 Å². The van der Waals surface area contributed by atoms with Gasteiger partial charge in [-0.15, -0.1) is 0 Å². The summed E-state index contributed by atoms with van der Waals surface area (Å²) < 4.78 is 55.9. The number of rotatable bonds is 14. The molecule has 216 valence electrons. The Kier molecular flexibility index (Phi) is 11.5. The minimum atomic E-state index is -3.44. The van der Waals surface area contributed by atoms with E-state index in [0.29, 0.717) is 9.79 Å². The van der Waals surface area contributed by atoms with Crippen LogP contribution in [0.1, 0.15) is 30.4 Å². The van der Waals surface area contributed by atoms with Crippen LogP contribution in [0.3, 0.4) is 0 Å². The van der Waals surface area contributed by atoms with Crippen LogP contribution in [0.5, 0.6) is 0 Å². The van der Waals surface area contributed by atoms with Crippen molar-refractivity contribution in [2.45, 2.75) is 52.5 Å². The minimum absolute atomic E-state index is 0.00483. The van der Waals surface area contributed by atoms with E-state index in [0.717, 1.165) is 30.4 Å². The van der Waals surface area contributed by atoms with Crippen LogP contribution in [0, 0.1) is 13.8 Å². The summed E-state index contributed by atoms with van der Waals surface area (Å²) in [7, 11) is -6.88. The fourth-order valence-corrected chi connectivity index (χ4v) is 14.7. The van der Waals surface area contributed by atoms with Crippen molar-refractivity contribution < 1.29 is 16.8 Å². The number of hydrogen-bond donors (Lipinski definition) is 0. The Labute approximate surface area is 258 Å². The van der Waals surface area contributed by atoms with Crippen molar-refractivity contribution in [3.8, 4) is 0 Å². The number of sulfone groups is 2. The van der Waals surface area contributed by atoms with Gasteiger partial charge in [0.2, 0.25) is 0 Å². The SMILES string of the molecule is Cc1ccc(S(=O)(=O)CC(CCCC(CS(=O)(=O)c2ccc(C)cc2)[Se]c2ccccc2)[Se]c2ccccc2)cc1. The Balaban J connectivity index is 1.50. The van der Waals surface area contributed by atoms with Gasteiger partial charge in [0, 0.05) is 0 Å². The molecule has 0 amide bonds. The van der Waals surface area contributed by atoms with E-state index in [4.69, 9.17) is 0 Å². The third-order valence-electron chi connectivity index (χ3n) is 6.71. The van der Waals surface area contributed by atoms with Crippen LogP contribution in [0.15, 0.2) is 119 Å². The van der Waals surface area contributed by atoms with Crippen LogP contribution in [0.25, 0.3) is 0 Å². The standard InChI is InChI=1S/C33H36O4S2Se2/c1-26-16-20-28(21-17-26)38(34,35)24-32(40-30-10-5-3-6-11-30)14-9-15-33(41-31-12-7-4-8-13-31)25-39(36,37)29-22-18-27(2)19-23-29/h3-8,10-13,16-23,32-33H,9,14-15,24-25H2,1-2H3. The number of aryl methyl sites for hydroxylation is 2. The Hall–Kier alpha value is -2.18. The van der Waals surface area contributed by atoms with E-state index in [9.17, 15) is 16.8 Å². The van der Waals surface area contributed by atoms with Gasteiger partial charge in [0.25, 0.3) is 0 Å². The maximum atomic E-state index is 13.4. The van der Waals surface area contributed by atoms with E-state index < -0.39 is 19.7 Å². The molecule has 0 aliphatic heterocycles. The van der Waals surface area contributed by atoms with Crippen LogP contribution in [0.2, 0.25) is 9.63 Å². The van der Waals surface area contributed by atoms with Crippen molar-refractivity contribution in [2.24, 2.45) is 0 Å². The van der Waals surface area contributed by atoms with Gasteiger partial charge in [0.05, 0.1) is 0 Å². The molecule has 8 heteroatoms. The van der Waals surface area contributed by atoms with Gasteiger partial charge >= 0.3 is 260 Å². The Bertz CT molecular complexity index is 1470. The first-order valence-corrected chi connectivity index (χ1v) is 20.6. The van der Waals surface area contributed by atoms with Crippen molar-refractivity contribution in [1.82, 2.24) is 0 Å². The van der Waals surface area contributed by atoms with Crippen molar-refractivity contribution in [1.29, 1.82) is 0 Å². The molecule has 2 atom stereocenters. The molecule has 0 heterocycles. The summed E-state index contributed by atoms with van der Waals surface area (Å²) in [6.07, 6.45) is 2.27. The topological polar surface area (TPSA) is 68.3 Å². The summed E-state index contributed by atoms with van der Waals surface area (Å²) in [6, 6.07) is 34.4. The number of benzene rings is 4. The first kappa shape index (κ1) is 31.7. The Morgan fingerprint density at radius 3 is 1.20 bits per heavy atom. The Morgan fingerprint density at radius 2 is 0.854 bits per heavy atom. The molecule has 4 aromatic carbocycles. The Morgan fingerprint density at radius 1 is 0.512 bits per heavy atom. The molecule has 2 unspecified atom stereocenters. The first-order valence-electron chi connectivity index (χ1n) is 13.6. The maximum absolute atomic E-state index is 13.4. The van der Waals surface area contributed by atoms with Crippen molar-refractivity contribution in [2.75, 3.05) is 11.5 Å². The van der Waals surface area contributed by atoms with Gasteiger partial charge in [-0.1, -0.05) is 0 Å². The van der Waals surface area contributed by atoms with Gasteiger partial charge < -0.3 is 0 Å². The molecule has 4 rings (SSSR count). The van der Waals surface area contributed by atoms with Crippen molar-refractivity contribution in [3.63, 3.8) is 0 Å². The second kappa shape index (κ2) is 14.8. The molecule has 0 saturated carbocycles. The zero-order chi connectivity index (χ0) is 29.3. The second-order valence-electron chi connectivity index (χ2n) is 10.2. The van der Waals surface area contributed by atoms with E-state index in [1.807, 2.05) is 74.5 Å². The summed E-state index contributed by atoms with van der Waals surface area (Å²) in [5.41, 5.74) is 2.06. The summed E-state index contributed by atoms with van der Waals surface area (Å²) in [6.45, 7) is 3.90. The van der Waals surface area contributed by atoms with Gasteiger partial charge in [-0.2, -0.15) is 0 Å². The van der Waals surface area contributed by atoms with Crippen LogP contribution < -0.4 is 8.92 Å². The second-order valence-corrected chi connectivity index (χ2v) is 20.1. The molecule has 4 aromatic rings. The van der Waals surface area contributed by atoms with Gasteiger partial charge in [-0.3, -0.25) is 0 Å². The van der Waals surface area contributed by atoms with E-state index in [-0.39, 0.29) is 51.1 Å². The quantitative estimate of drug-likeness (QED) is 0.165. The van der Waals surface area contributed by atoms with Crippen LogP contribution in [-0.4, -0.2) is 58.3 Å². The number of hydrogen-bond acceptors (Lipinski definition) is 4. The molecule has 0 fully saturated rings. The molecule has 0 aliphatic carbocycles.